The molecule has 3 heteroatoms. The SMILES string of the molecule is CCCCC1CCC(C(Cc2ccc(Cl)cc2)NN)CC1. The van der Waals surface area contributed by atoms with Crippen molar-refractivity contribution in [1.29, 1.82) is 0 Å². The van der Waals surface area contributed by atoms with Crippen LogP contribution in [0, 0.1) is 11.8 Å². The zero-order chi connectivity index (χ0) is 15.1. The van der Waals surface area contributed by atoms with Crippen LogP contribution >= 0.6 is 11.6 Å². The molecule has 1 saturated carbocycles. The van der Waals surface area contributed by atoms with Gasteiger partial charge in [-0.25, -0.2) is 0 Å². The van der Waals surface area contributed by atoms with Gasteiger partial charge in [-0.1, -0.05) is 62.8 Å². The summed E-state index contributed by atoms with van der Waals surface area (Å²) in [5, 5.41) is 0.799. The largest absolute Gasteiger partial charge is 0.271 e. The highest BCUT2D eigenvalue weighted by molar-refractivity contribution is 6.30. The minimum atomic E-state index is 0.387. The van der Waals surface area contributed by atoms with E-state index in [-0.39, 0.29) is 0 Å². The minimum absolute atomic E-state index is 0.387. The number of hydrogen-bond donors (Lipinski definition) is 2. The van der Waals surface area contributed by atoms with Crippen LogP contribution in [-0.4, -0.2) is 6.04 Å². The van der Waals surface area contributed by atoms with Crippen molar-refractivity contribution in [2.45, 2.75) is 64.3 Å². The topological polar surface area (TPSA) is 38.0 Å². The first kappa shape index (κ1) is 16.8. The summed E-state index contributed by atoms with van der Waals surface area (Å²) in [6, 6.07) is 8.54. The second-order valence-corrected chi connectivity index (χ2v) is 6.96. The van der Waals surface area contributed by atoms with Gasteiger partial charge in [0.05, 0.1) is 0 Å². The molecule has 1 unspecified atom stereocenters. The molecule has 0 heterocycles. The zero-order valence-corrected chi connectivity index (χ0v) is 13.9. The van der Waals surface area contributed by atoms with E-state index < -0.39 is 0 Å². The third kappa shape index (κ3) is 5.28. The van der Waals surface area contributed by atoms with Crippen LogP contribution in [0.25, 0.3) is 0 Å². The Morgan fingerprint density at radius 2 is 1.86 bits per heavy atom. The number of benzene rings is 1. The molecule has 1 fully saturated rings. The van der Waals surface area contributed by atoms with Gasteiger partial charge >= 0.3 is 0 Å². The maximum atomic E-state index is 5.95. The van der Waals surface area contributed by atoms with Crippen molar-refractivity contribution in [3.63, 3.8) is 0 Å². The van der Waals surface area contributed by atoms with E-state index >= 15 is 0 Å². The molecule has 0 spiro atoms. The molecule has 0 radical (unpaired) electrons. The van der Waals surface area contributed by atoms with Crippen LogP contribution in [0.4, 0.5) is 0 Å². The van der Waals surface area contributed by atoms with E-state index in [0.29, 0.717) is 12.0 Å². The van der Waals surface area contributed by atoms with Crippen LogP contribution in [0.3, 0.4) is 0 Å². The van der Waals surface area contributed by atoms with Gasteiger partial charge in [0.15, 0.2) is 0 Å². The van der Waals surface area contributed by atoms with Crippen molar-refractivity contribution in [2.75, 3.05) is 0 Å². The van der Waals surface area contributed by atoms with E-state index in [1.54, 1.807) is 0 Å². The molecule has 1 aliphatic carbocycles. The van der Waals surface area contributed by atoms with E-state index in [2.05, 4.69) is 24.5 Å². The number of rotatable bonds is 7. The Balaban J connectivity index is 1.83. The van der Waals surface area contributed by atoms with Crippen LogP contribution in [0.2, 0.25) is 5.02 Å². The molecular formula is C18H29ClN2. The molecule has 0 aliphatic heterocycles. The fraction of sp³-hybridized carbons (Fsp3) is 0.667. The molecule has 1 aromatic rings. The summed E-state index contributed by atoms with van der Waals surface area (Å²) < 4.78 is 0. The second kappa shape index (κ2) is 8.77. The predicted molar refractivity (Wildman–Crippen MR) is 91.2 cm³/mol. The highest BCUT2D eigenvalue weighted by Gasteiger charge is 2.26. The van der Waals surface area contributed by atoms with Crippen LogP contribution in [-0.2, 0) is 6.42 Å². The molecule has 0 bridgehead atoms. The lowest BCUT2D eigenvalue weighted by Crippen LogP contribution is -2.43. The summed E-state index contributed by atoms with van der Waals surface area (Å²) in [7, 11) is 0. The van der Waals surface area contributed by atoms with Gasteiger partial charge in [0.2, 0.25) is 0 Å². The van der Waals surface area contributed by atoms with Gasteiger partial charge in [0, 0.05) is 11.1 Å². The minimum Gasteiger partial charge on any atom is -0.271 e. The highest BCUT2D eigenvalue weighted by atomic mass is 35.5. The monoisotopic (exact) mass is 308 g/mol. The summed E-state index contributed by atoms with van der Waals surface area (Å²) in [5.74, 6) is 7.49. The van der Waals surface area contributed by atoms with E-state index in [4.69, 9.17) is 17.4 Å². The zero-order valence-electron chi connectivity index (χ0n) is 13.2. The lowest BCUT2D eigenvalue weighted by atomic mass is 9.76. The van der Waals surface area contributed by atoms with Crippen molar-refractivity contribution >= 4 is 11.6 Å². The van der Waals surface area contributed by atoms with Gasteiger partial charge in [-0.15, -0.1) is 0 Å². The van der Waals surface area contributed by atoms with Gasteiger partial charge in [0.25, 0.3) is 0 Å². The van der Waals surface area contributed by atoms with Crippen LogP contribution in [0.5, 0.6) is 0 Å². The molecule has 0 saturated heterocycles. The smallest absolute Gasteiger partial charge is 0.0406 e. The Labute approximate surface area is 134 Å². The molecular weight excluding hydrogens is 280 g/mol. The van der Waals surface area contributed by atoms with Crippen molar-refractivity contribution < 1.29 is 0 Å². The summed E-state index contributed by atoms with van der Waals surface area (Å²) >= 11 is 5.95. The maximum absolute atomic E-state index is 5.95. The standard InChI is InChI=1S/C18H29ClN2/c1-2-3-4-14-5-9-16(10-6-14)18(21-20)13-15-7-11-17(19)12-8-15/h7-8,11-12,14,16,18,21H,2-6,9-10,13,20H2,1H3. The van der Waals surface area contributed by atoms with E-state index in [1.165, 1.54) is 50.5 Å². The van der Waals surface area contributed by atoms with Crippen LogP contribution < -0.4 is 11.3 Å². The summed E-state index contributed by atoms with van der Waals surface area (Å²) in [6.45, 7) is 2.28. The fourth-order valence-corrected chi connectivity index (χ4v) is 3.73. The Kier molecular flexibility index (Phi) is 7.01. The van der Waals surface area contributed by atoms with Gasteiger partial charge in [-0.05, 0) is 48.8 Å². The number of hydrazine groups is 1. The number of halogens is 1. The molecule has 21 heavy (non-hydrogen) atoms. The molecule has 0 amide bonds. The van der Waals surface area contributed by atoms with Crippen molar-refractivity contribution in [3.05, 3.63) is 34.9 Å². The maximum Gasteiger partial charge on any atom is 0.0406 e. The van der Waals surface area contributed by atoms with Gasteiger partial charge in [-0.3, -0.25) is 11.3 Å². The van der Waals surface area contributed by atoms with Crippen molar-refractivity contribution in [3.8, 4) is 0 Å². The predicted octanol–water partition coefficient (Wildman–Crippen LogP) is 4.71. The third-order valence-corrected chi connectivity index (χ3v) is 5.26. The first-order valence-electron chi connectivity index (χ1n) is 8.43. The molecule has 1 atom stereocenters. The summed E-state index contributed by atoms with van der Waals surface area (Å²) in [5.41, 5.74) is 4.38. The highest BCUT2D eigenvalue weighted by Crippen LogP contribution is 2.34. The van der Waals surface area contributed by atoms with Gasteiger partial charge < -0.3 is 0 Å². The Hall–Kier alpha value is -0.570. The molecule has 0 aromatic heterocycles. The average Bonchev–Trinajstić information content (AvgIpc) is 2.53. The number of nitrogens with two attached hydrogens (primary N) is 1. The Morgan fingerprint density at radius 1 is 1.19 bits per heavy atom. The summed E-state index contributed by atoms with van der Waals surface area (Å²) in [6.07, 6.45) is 10.5. The second-order valence-electron chi connectivity index (χ2n) is 6.53. The number of unbranched alkanes of at least 4 members (excludes halogenated alkanes) is 1. The summed E-state index contributed by atoms with van der Waals surface area (Å²) in [4.78, 5) is 0. The first-order chi connectivity index (χ1) is 10.2. The van der Waals surface area contributed by atoms with Crippen LogP contribution in [0.1, 0.15) is 57.4 Å². The molecule has 2 nitrogen and oxygen atoms in total. The van der Waals surface area contributed by atoms with E-state index in [9.17, 15) is 0 Å². The average molecular weight is 309 g/mol. The lowest BCUT2D eigenvalue weighted by molar-refractivity contribution is 0.211. The van der Waals surface area contributed by atoms with Gasteiger partial charge in [0.1, 0.15) is 0 Å². The molecule has 2 rings (SSSR count). The Morgan fingerprint density at radius 3 is 2.43 bits per heavy atom. The number of nitrogens with one attached hydrogen (secondary N) is 1. The first-order valence-corrected chi connectivity index (χ1v) is 8.81. The molecule has 1 aromatic carbocycles. The molecule has 1 aliphatic rings. The normalized spacial score (nSPS) is 24.0. The Bertz CT molecular complexity index is 396. The van der Waals surface area contributed by atoms with E-state index in [1.807, 2.05) is 12.1 Å². The third-order valence-electron chi connectivity index (χ3n) is 5.01. The van der Waals surface area contributed by atoms with Gasteiger partial charge in [-0.2, -0.15) is 0 Å². The quantitative estimate of drug-likeness (QED) is 0.565. The van der Waals surface area contributed by atoms with Crippen molar-refractivity contribution in [2.24, 2.45) is 17.7 Å². The van der Waals surface area contributed by atoms with Crippen LogP contribution in [0.15, 0.2) is 24.3 Å². The fourth-order valence-electron chi connectivity index (χ4n) is 3.61. The number of hydrogen-bond acceptors (Lipinski definition) is 2. The molecule has 118 valence electrons. The molecule has 3 N–H and O–H groups in total. The van der Waals surface area contributed by atoms with Crippen molar-refractivity contribution in [1.82, 2.24) is 5.43 Å². The van der Waals surface area contributed by atoms with E-state index in [0.717, 1.165) is 17.4 Å². The lowest BCUT2D eigenvalue weighted by Gasteiger charge is -2.33.